The second kappa shape index (κ2) is 9.33. The number of carbonyl (C=O) groups excluding carboxylic acids is 1. The predicted molar refractivity (Wildman–Crippen MR) is 121 cm³/mol. The summed E-state index contributed by atoms with van der Waals surface area (Å²) in [5.41, 5.74) is 1.02. The summed E-state index contributed by atoms with van der Waals surface area (Å²) in [6.07, 6.45) is 0.128. The molecule has 0 fully saturated rings. The largest absolute Gasteiger partial charge is 0.416 e. The first-order valence-electron chi connectivity index (χ1n) is 10.1. The first kappa shape index (κ1) is 22.9. The van der Waals surface area contributed by atoms with Crippen LogP contribution in [0.4, 0.5) is 19.0 Å². The zero-order valence-corrected chi connectivity index (χ0v) is 18.2. The van der Waals surface area contributed by atoms with Crippen molar-refractivity contribution in [3.05, 3.63) is 82.8 Å². The van der Waals surface area contributed by atoms with Crippen molar-refractivity contribution in [3.63, 3.8) is 0 Å². The second-order valence-corrected chi connectivity index (χ2v) is 7.77. The van der Waals surface area contributed by atoms with E-state index in [0.717, 1.165) is 11.5 Å². The Kier molecular flexibility index (Phi) is 6.30. The van der Waals surface area contributed by atoms with Gasteiger partial charge in [-0.25, -0.2) is 9.97 Å². The molecule has 10 heteroatoms. The van der Waals surface area contributed by atoms with Crippen molar-refractivity contribution in [2.75, 3.05) is 19.4 Å². The Hall–Kier alpha value is -4.23. The van der Waals surface area contributed by atoms with Gasteiger partial charge in [0.15, 0.2) is 5.65 Å². The molecule has 0 aliphatic heterocycles. The normalized spacial score (nSPS) is 11.4. The fourth-order valence-electron chi connectivity index (χ4n) is 3.27. The van der Waals surface area contributed by atoms with Crippen LogP contribution in [0.3, 0.4) is 0 Å². The molecule has 34 heavy (non-hydrogen) atoms. The van der Waals surface area contributed by atoms with Crippen molar-refractivity contribution in [2.45, 2.75) is 12.7 Å². The van der Waals surface area contributed by atoms with Crippen molar-refractivity contribution < 1.29 is 18.0 Å². The van der Waals surface area contributed by atoms with Gasteiger partial charge in [-0.1, -0.05) is 17.9 Å². The number of alkyl halides is 3. The summed E-state index contributed by atoms with van der Waals surface area (Å²) in [6.45, 7) is 0.0993. The summed E-state index contributed by atoms with van der Waals surface area (Å²) in [4.78, 5) is 22.5. The summed E-state index contributed by atoms with van der Waals surface area (Å²) >= 11 is 0. The van der Waals surface area contributed by atoms with Crippen molar-refractivity contribution >= 4 is 22.8 Å². The topological polar surface area (TPSA) is 86.8 Å². The number of anilines is 1. The van der Waals surface area contributed by atoms with E-state index in [9.17, 15) is 18.0 Å². The minimum absolute atomic E-state index is 0.0903. The van der Waals surface area contributed by atoms with Crippen LogP contribution in [0.1, 0.15) is 32.6 Å². The number of hydrogen-bond donors (Lipinski definition) is 2. The lowest BCUT2D eigenvalue weighted by atomic mass is 10.0. The third kappa shape index (κ3) is 5.39. The zero-order valence-electron chi connectivity index (χ0n) is 18.2. The molecule has 1 aromatic carbocycles. The highest BCUT2D eigenvalue weighted by Gasteiger charge is 2.34. The molecule has 7 nitrogen and oxygen atoms in total. The van der Waals surface area contributed by atoms with Crippen LogP contribution in [0.15, 0.2) is 55.0 Å². The van der Waals surface area contributed by atoms with Crippen molar-refractivity contribution in [1.82, 2.24) is 25.1 Å². The van der Waals surface area contributed by atoms with E-state index in [1.54, 1.807) is 43.5 Å². The highest BCUT2D eigenvalue weighted by molar-refractivity contribution is 6.04. The standard InChI is InChI=1S/C24H19F3N6O/c1-33(2)14-18-6-5-17(11-20(18)24(25,26)27)23(34)31-21-10-15(7-8-28-21)3-4-16-9-19-13-30-32-22(19)29-12-16/h5-13H,14H2,1-2H3,(H,28,31,34)(H,29,30,32). The third-order valence-corrected chi connectivity index (χ3v) is 4.81. The molecule has 0 aliphatic rings. The number of carbonyl (C=O) groups is 1. The maximum atomic E-state index is 13.5. The zero-order chi connectivity index (χ0) is 24.3. The van der Waals surface area contributed by atoms with Gasteiger partial charge in [0.1, 0.15) is 5.82 Å². The minimum Gasteiger partial charge on any atom is -0.307 e. The van der Waals surface area contributed by atoms with Gasteiger partial charge < -0.3 is 10.2 Å². The van der Waals surface area contributed by atoms with Crippen LogP contribution in [-0.2, 0) is 12.7 Å². The van der Waals surface area contributed by atoms with E-state index < -0.39 is 17.6 Å². The van der Waals surface area contributed by atoms with Crippen LogP contribution in [0, 0.1) is 11.8 Å². The Bertz CT molecular complexity index is 1420. The summed E-state index contributed by atoms with van der Waals surface area (Å²) < 4.78 is 40.6. The highest BCUT2D eigenvalue weighted by Crippen LogP contribution is 2.33. The number of benzene rings is 1. The lowest BCUT2D eigenvalue weighted by Crippen LogP contribution is -2.19. The van der Waals surface area contributed by atoms with Crippen LogP contribution in [0.5, 0.6) is 0 Å². The van der Waals surface area contributed by atoms with Crippen molar-refractivity contribution in [1.29, 1.82) is 0 Å². The van der Waals surface area contributed by atoms with Crippen LogP contribution in [0.2, 0.25) is 0 Å². The van der Waals surface area contributed by atoms with E-state index >= 15 is 0 Å². The summed E-state index contributed by atoms with van der Waals surface area (Å²) in [7, 11) is 3.35. The number of nitrogens with zero attached hydrogens (tertiary/aromatic N) is 4. The molecule has 0 spiro atoms. The van der Waals surface area contributed by atoms with Crippen molar-refractivity contribution in [2.24, 2.45) is 0 Å². The average molecular weight is 464 g/mol. The molecule has 172 valence electrons. The maximum absolute atomic E-state index is 13.5. The second-order valence-electron chi connectivity index (χ2n) is 7.77. The molecule has 0 bridgehead atoms. The van der Waals surface area contributed by atoms with E-state index in [2.05, 4.69) is 37.3 Å². The molecule has 2 N–H and O–H groups in total. The average Bonchev–Trinajstić information content (AvgIpc) is 3.25. The SMILES string of the molecule is CN(C)Cc1ccc(C(=O)Nc2cc(C#Cc3cnc4[nH]ncc4c3)ccn2)cc1C(F)(F)F. The Morgan fingerprint density at radius 3 is 2.62 bits per heavy atom. The molecule has 1 amide bonds. The Morgan fingerprint density at radius 1 is 1.06 bits per heavy atom. The summed E-state index contributed by atoms with van der Waals surface area (Å²) in [5, 5.41) is 10.0. The van der Waals surface area contributed by atoms with Crippen molar-refractivity contribution in [3.8, 4) is 11.8 Å². The fraction of sp³-hybridized carbons (Fsp3) is 0.167. The number of nitrogens with one attached hydrogen (secondary N) is 2. The quantitative estimate of drug-likeness (QED) is 0.445. The van der Waals surface area contributed by atoms with Gasteiger partial charge in [0.2, 0.25) is 0 Å². The molecule has 0 unspecified atom stereocenters. The number of amides is 1. The molecule has 0 radical (unpaired) electrons. The number of H-pyrrole nitrogens is 1. The van der Waals surface area contributed by atoms with Gasteiger partial charge in [0.25, 0.3) is 5.91 Å². The highest BCUT2D eigenvalue weighted by atomic mass is 19.4. The molecular weight excluding hydrogens is 445 g/mol. The summed E-state index contributed by atoms with van der Waals surface area (Å²) in [6, 6.07) is 8.58. The molecule has 3 aromatic heterocycles. The smallest absolute Gasteiger partial charge is 0.307 e. The van der Waals surface area contributed by atoms with Crippen LogP contribution >= 0.6 is 0 Å². The number of aromatic nitrogens is 4. The van der Waals surface area contributed by atoms with E-state index in [-0.39, 0.29) is 23.5 Å². The molecule has 0 saturated carbocycles. The summed E-state index contributed by atoms with van der Waals surface area (Å²) in [5.74, 6) is 5.41. The number of hydrogen-bond acceptors (Lipinski definition) is 5. The number of pyridine rings is 2. The van der Waals surface area contributed by atoms with Crippen LogP contribution in [0.25, 0.3) is 11.0 Å². The number of aromatic amines is 1. The van der Waals surface area contributed by atoms with Gasteiger partial charge in [-0.15, -0.1) is 0 Å². The number of fused-ring (bicyclic) bond motifs is 1. The predicted octanol–water partition coefficient (Wildman–Crippen LogP) is 4.09. The third-order valence-electron chi connectivity index (χ3n) is 4.81. The van der Waals surface area contributed by atoms with Gasteiger partial charge >= 0.3 is 6.18 Å². The van der Waals surface area contributed by atoms with Crippen LogP contribution in [-0.4, -0.2) is 45.1 Å². The fourth-order valence-corrected chi connectivity index (χ4v) is 3.27. The first-order chi connectivity index (χ1) is 16.2. The number of halogens is 3. The molecule has 0 saturated heterocycles. The van der Waals surface area contributed by atoms with Gasteiger partial charge in [0.05, 0.1) is 11.8 Å². The number of rotatable bonds is 4. The van der Waals surface area contributed by atoms with E-state index in [4.69, 9.17) is 0 Å². The molecule has 3 heterocycles. The monoisotopic (exact) mass is 464 g/mol. The van der Waals surface area contributed by atoms with Gasteiger partial charge in [-0.3, -0.25) is 9.89 Å². The molecular formula is C24H19F3N6O. The van der Waals surface area contributed by atoms with Crippen LogP contribution < -0.4 is 5.32 Å². The molecule has 0 atom stereocenters. The Labute approximate surface area is 193 Å². The maximum Gasteiger partial charge on any atom is 0.416 e. The van der Waals surface area contributed by atoms with Gasteiger partial charge in [0, 0.05) is 41.0 Å². The first-order valence-corrected chi connectivity index (χ1v) is 10.1. The van der Waals surface area contributed by atoms with E-state index in [0.29, 0.717) is 16.8 Å². The molecule has 0 aliphatic carbocycles. The van der Waals surface area contributed by atoms with E-state index in [1.807, 2.05) is 6.07 Å². The molecule has 4 rings (SSSR count). The lowest BCUT2D eigenvalue weighted by Gasteiger charge is -2.17. The Morgan fingerprint density at radius 2 is 1.85 bits per heavy atom. The van der Waals surface area contributed by atoms with Gasteiger partial charge in [-0.05, 0) is 50.0 Å². The van der Waals surface area contributed by atoms with Gasteiger partial charge in [-0.2, -0.15) is 18.3 Å². The lowest BCUT2D eigenvalue weighted by molar-refractivity contribution is -0.138. The van der Waals surface area contributed by atoms with E-state index in [1.165, 1.54) is 18.3 Å². The Balaban J connectivity index is 1.53. The molecule has 4 aromatic rings. The minimum atomic E-state index is -4.58.